The molecule has 15 heavy (non-hydrogen) atoms. The van der Waals surface area contributed by atoms with E-state index in [9.17, 15) is 4.79 Å². The Morgan fingerprint density at radius 1 is 1.33 bits per heavy atom. The number of rotatable bonds is 6. The van der Waals surface area contributed by atoms with Crippen LogP contribution in [-0.4, -0.2) is 26.2 Å². The van der Waals surface area contributed by atoms with Gasteiger partial charge in [0, 0.05) is 18.3 Å². The van der Waals surface area contributed by atoms with E-state index in [1.165, 1.54) is 11.8 Å². The van der Waals surface area contributed by atoms with Crippen molar-refractivity contribution in [3.63, 3.8) is 0 Å². The summed E-state index contributed by atoms with van der Waals surface area (Å²) in [5.41, 5.74) is 0. The maximum atomic E-state index is 11.1. The van der Waals surface area contributed by atoms with E-state index < -0.39 is 0 Å². The molecule has 0 saturated heterocycles. The number of carbonyl (C=O) groups is 1. The van der Waals surface area contributed by atoms with Crippen LogP contribution in [-0.2, 0) is 4.79 Å². The van der Waals surface area contributed by atoms with Gasteiger partial charge in [0.15, 0.2) is 5.12 Å². The first-order chi connectivity index (χ1) is 6.85. The molecule has 0 fully saturated rings. The average Bonchev–Trinajstić information content (AvgIpc) is 2.00. The van der Waals surface area contributed by atoms with Crippen LogP contribution in [0.3, 0.4) is 0 Å². The van der Waals surface area contributed by atoms with Crippen LogP contribution in [0.25, 0.3) is 0 Å². The van der Waals surface area contributed by atoms with Crippen LogP contribution < -0.4 is 0 Å². The molecule has 1 unspecified atom stereocenters. The molecule has 0 aromatic carbocycles. The topological polar surface area (TPSA) is 37.3 Å². The highest BCUT2D eigenvalue weighted by Gasteiger charge is 2.20. The highest BCUT2D eigenvalue weighted by molar-refractivity contribution is 8.25. The van der Waals surface area contributed by atoms with E-state index >= 15 is 0 Å². The molecule has 0 bridgehead atoms. The third kappa shape index (κ3) is 10.6. The zero-order chi connectivity index (χ0) is 11.9. The quantitative estimate of drug-likeness (QED) is 0.580. The minimum atomic E-state index is 0.181. The molecule has 4 heteroatoms. The van der Waals surface area contributed by atoms with E-state index in [4.69, 9.17) is 5.11 Å². The minimum Gasteiger partial charge on any atom is -0.396 e. The monoisotopic (exact) mass is 250 g/mol. The van der Waals surface area contributed by atoms with Gasteiger partial charge in [0.2, 0.25) is 0 Å². The van der Waals surface area contributed by atoms with Crippen LogP contribution in [0.2, 0.25) is 0 Å². The molecule has 0 amide bonds. The van der Waals surface area contributed by atoms with Gasteiger partial charge in [-0.1, -0.05) is 32.5 Å². The molecule has 0 saturated carbocycles. The zero-order valence-electron chi connectivity index (χ0n) is 10.1. The smallest absolute Gasteiger partial charge is 0.186 e. The number of unbranched alkanes of at least 4 members (excludes halogenated alkanes) is 1. The molecular formula is C11H22O2S2. The summed E-state index contributed by atoms with van der Waals surface area (Å²) in [4.78, 5) is 11.1. The van der Waals surface area contributed by atoms with Gasteiger partial charge < -0.3 is 5.11 Å². The molecule has 2 nitrogen and oxygen atoms in total. The highest BCUT2D eigenvalue weighted by Crippen LogP contribution is 2.37. The predicted octanol–water partition coefficient (Wildman–Crippen LogP) is 3.29. The second kappa shape index (κ2) is 7.58. The number of carbonyl (C=O) groups excluding carboxylic acids is 1. The number of aliphatic hydroxyl groups excluding tert-OH is 1. The zero-order valence-corrected chi connectivity index (χ0v) is 11.7. The lowest BCUT2D eigenvalue weighted by molar-refractivity contribution is -0.109. The highest BCUT2D eigenvalue weighted by atomic mass is 32.2. The molecule has 0 rings (SSSR count). The van der Waals surface area contributed by atoms with Gasteiger partial charge in [-0.2, -0.15) is 0 Å². The van der Waals surface area contributed by atoms with E-state index in [0.717, 1.165) is 19.3 Å². The van der Waals surface area contributed by atoms with E-state index in [1.54, 1.807) is 6.92 Å². The van der Waals surface area contributed by atoms with Crippen molar-refractivity contribution in [1.82, 2.24) is 0 Å². The first kappa shape index (κ1) is 15.3. The molecule has 1 N–H and O–H groups in total. The fourth-order valence-electron chi connectivity index (χ4n) is 1.14. The van der Waals surface area contributed by atoms with Gasteiger partial charge in [0.1, 0.15) is 0 Å². The van der Waals surface area contributed by atoms with Gasteiger partial charge in [-0.25, -0.2) is 0 Å². The van der Waals surface area contributed by atoms with Gasteiger partial charge in [0.05, 0.1) is 4.58 Å². The standard InChI is InChI=1S/C11H22O2S2/c1-9(13)14-10(7-5-6-8-12)15-11(2,3)4/h10,12H,5-8H2,1-4H3. The maximum absolute atomic E-state index is 11.1. The molecular weight excluding hydrogens is 228 g/mol. The Morgan fingerprint density at radius 3 is 2.33 bits per heavy atom. The normalized spacial score (nSPS) is 13.9. The summed E-state index contributed by atoms with van der Waals surface area (Å²) in [6, 6.07) is 0. The Kier molecular flexibility index (Phi) is 7.75. The van der Waals surface area contributed by atoms with Gasteiger partial charge in [-0.3, -0.25) is 4.79 Å². The SMILES string of the molecule is CC(=O)SC(CCCCO)SC(C)(C)C. The molecule has 90 valence electrons. The Morgan fingerprint density at radius 2 is 1.93 bits per heavy atom. The number of hydrogen-bond acceptors (Lipinski definition) is 4. The molecule has 1 atom stereocenters. The fraction of sp³-hybridized carbons (Fsp3) is 0.909. The Labute approximate surface area is 102 Å². The molecule has 0 aliphatic carbocycles. The third-order valence-corrected chi connectivity index (χ3v) is 4.24. The molecule has 0 aromatic heterocycles. The van der Waals surface area contributed by atoms with Crippen LogP contribution in [0.15, 0.2) is 0 Å². The van der Waals surface area contributed by atoms with Gasteiger partial charge in [-0.15, -0.1) is 11.8 Å². The second-order valence-electron chi connectivity index (χ2n) is 4.49. The number of aliphatic hydroxyl groups is 1. The van der Waals surface area contributed by atoms with Crippen molar-refractivity contribution >= 4 is 28.6 Å². The Balaban J connectivity index is 4.01. The third-order valence-electron chi connectivity index (χ3n) is 1.63. The van der Waals surface area contributed by atoms with Crippen LogP contribution in [0, 0.1) is 0 Å². The van der Waals surface area contributed by atoms with E-state index in [-0.39, 0.29) is 16.5 Å². The summed E-state index contributed by atoms with van der Waals surface area (Å²) in [6.45, 7) is 8.36. The van der Waals surface area contributed by atoms with Crippen molar-refractivity contribution in [2.45, 2.75) is 56.3 Å². The largest absolute Gasteiger partial charge is 0.396 e. The van der Waals surface area contributed by atoms with Crippen LogP contribution in [0.1, 0.15) is 47.0 Å². The van der Waals surface area contributed by atoms with E-state index in [2.05, 4.69) is 20.8 Å². The van der Waals surface area contributed by atoms with Gasteiger partial charge in [0.25, 0.3) is 0 Å². The summed E-state index contributed by atoms with van der Waals surface area (Å²) in [5.74, 6) is 0. The fourth-order valence-corrected chi connectivity index (χ4v) is 4.34. The van der Waals surface area contributed by atoms with Crippen molar-refractivity contribution in [1.29, 1.82) is 0 Å². The van der Waals surface area contributed by atoms with E-state index in [1.807, 2.05) is 11.8 Å². The lowest BCUT2D eigenvalue weighted by atomic mass is 10.2. The average molecular weight is 250 g/mol. The van der Waals surface area contributed by atoms with Crippen LogP contribution >= 0.6 is 23.5 Å². The number of hydrogen-bond donors (Lipinski definition) is 1. The lowest BCUT2D eigenvalue weighted by Gasteiger charge is -2.24. The molecule has 0 aromatic rings. The van der Waals surface area contributed by atoms with Crippen molar-refractivity contribution in [3.8, 4) is 0 Å². The van der Waals surface area contributed by atoms with Crippen molar-refractivity contribution in [2.24, 2.45) is 0 Å². The molecule has 0 aliphatic rings. The molecule has 0 spiro atoms. The van der Waals surface area contributed by atoms with Crippen LogP contribution in [0.5, 0.6) is 0 Å². The summed E-state index contributed by atoms with van der Waals surface area (Å²) in [7, 11) is 0. The number of thioether (sulfide) groups is 2. The molecule has 0 heterocycles. The lowest BCUT2D eigenvalue weighted by Crippen LogP contribution is -2.14. The second-order valence-corrected chi connectivity index (χ2v) is 8.20. The van der Waals surface area contributed by atoms with Gasteiger partial charge >= 0.3 is 0 Å². The van der Waals surface area contributed by atoms with Crippen molar-refractivity contribution in [3.05, 3.63) is 0 Å². The summed E-state index contributed by atoms with van der Waals surface area (Å²) in [5, 5.41) is 8.89. The molecule has 0 aliphatic heterocycles. The Hall–Kier alpha value is 0.330. The van der Waals surface area contributed by atoms with Crippen molar-refractivity contribution in [2.75, 3.05) is 6.61 Å². The predicted molar refractivity (Wildman–Crippen MR) is 70.3 cm³/mol. The maximum Gasteiger partial charge on any atom is 0.186 e. The summed E-state index contributed by atoms with van der Waals surface area (Å²) >= 11 is 3.26. The van der Waals surface area contributed by atoms with E-state index in [0.29, 0.717) is 4.58 Å². The summed E-state index contributed by atoms with van der Waals surface area (Å²) in [6.07, 6.45) is 2.82. The van der Waals surface area contributed by atoms with Crippen molar-refractivity contribution < 1.29 is 9.90 Å². The minimum absolute atomic E-state index is 0.181. The Bertz CT molecular complexity index is 188. The first-order valence-electron chi connectivity index (χ1n) is 5.31. The van der Waals surface area contributed by atoms with Crippen LogP contribution in [0.4, 0.5) is 0 Å². The van der Waals surface area contributed by atoms with Gasteiger partial charge in [-0.05, 0) is 19.3 Å². The first-order valence-corrected chi connectivity index (χ1v) is 7.07. The molecule has 0 radical (unpaired) electrons. The summed E-state index contributed by atoms with van der Waals surface area (Å²) < 4.78 is 0.515.